The van der Waals surface area contributed by atoms with Gasteiger partial charge in [0.2, 0.25) is 0 Å². The number of nitrogens with zero attached hydrogens (tertiary/aromatic N) is 1. The van der Waals surface area contributed by atoms with Gasteiger partial charge < -0.3 is 19.7 Å². The molecule has 4 rings (SSSR count). The largest absolute Gasteiger partial charge is 0.504 e. The summed E-state index contributed by atoms with van der Waals surface area (Å²) < 4.78 is 10.5. The molecule has 0 unspecified atom stereocenters. The maximum absolute atomic E-state index is 10.2. The zero-order valence-electron chi connectivity index (χ0n) is 14.3. The van der Waals surface area contributed by atoms with Gasteiger partial charge in [-0.1, -0.05) is 0 Å². The lowest BCUT2D eigenvalue weighted by molar-refractivity contribution is 0.160. The van der Waals surface area contributed by atoms with Crippen molar-refractivity contribution < 1.29 is 19.7 Å². The third-order valence-electron chi connectivity index (χ3n) is 5.20. The summed E-state index contributed by atoms with van der Waals surface area (Å²) in [6, 6.07) is 7.76. The number of fused-ring (bicyclic) bond motifs is 4. The van der Waals surface area contributed by atoms with E-state index in [-0.39, 0.29) is 29.9 Å². The van der Waals surface area contributed by atoms with Crippen LogP contribution in [-0.4, -0.2) is 35.9 Å². The van der Waals surface area contributed by atoms with Gasteiger partial charge in [0.05, 0.1) is 14.2 Å². The summed E-state index contributed by atoms with van der Waals surface area (Å²) >= 11 is 0. The molecule has 2 aromatic carbocycles. The maximum atomic E-state index is 10.2. The average molecular weight is 364 g/mol. The van der Waals surface area contributed by atoms with E-state index in [4.69, 9.17) is 9.47 Å². The second-order valence-electron chi connectivity index (χ2n) is 6.46. The molecule has 0 saturated heterocycles. The van der Waals surface area contributed by atoms with Crippen LogP contribution in [0.15, 0.2) is 24.3 Å². The second kappa shape index (κ2) is 6.65. The molecule has 0 spiro atoms. The standard InChI is InChI=1S/C19H21NO4.ClH/c1-23-18-7-11-3-4-20-10-13-6-16(21)19(24-2)8-12(13)5-15(20)14(11)9-17(18)22;/h6-9,15,21-22H,3-5,10H2,1-2H3;1H/t15-;/m0./s1. The molecule has 2 aromatic rings. The van der Waals surface area contributed by atoms with Crippen LogP contribution in [0, 0.1) is 0 Å². The Hall–Kier alpha value is -2.11. The minimum atomic E-state index is 0. The average Bonchev–Trinajstić information content (AvgIpc) is 2.59. The number of phenols is 2. The van der Waals surface area contributed by atoms with Crippen molar-refractivity contribution in [3.05, 3.63) is 46.5 Å². The topological polar surface area (TPSA) is 62.2 Å². The van der Waals surface area contributed by atoms with Gasteiger partial charge in [-0.2, -0.15) is 0 Å². The predicted octanol–water partition coefficient (Wildman–Crippen LogP) is 3.19. The molecule has 0 amide bonds. The first-order valence-electron chi connectivity index (χ1n) is 8.13. The highest BCUT2D eigenvalue weighted by molar-refractivity contribution is 5.85. The van der Waals surface area contributed by atoms with E-state index < -0.39 is 0 Å². The van der Waals surface area contributed by atoms with Crippen LogP contribution in [0.2, 0.25) is 0 Å². The van der Waals surface area contributed by atoms with Gasteiger partial charge in [-0.25, -0.2) is 0 Å². The molecule has 1 atom stereocenters. The molecule has 2 heterocycles. The molecule has 134 valence electrons. The minimum Gasteiger partial charge on any atom is -0.504 e. The maximum Gasteiger partial charge on any atom is 0.160 e. The van der Waals surface area contributed by atoms with E-state index in [0.29, 0.717) is 11.5 Å². The number of benzene rings is 2. The minimum absolute atomic E-state index is 0. The number of aromatic hydroxyl groups is 2. The van der Waals surface area contributed by atoms with Crippen molar-refractivity contribution in [3.63, 3.8) is 0 Å². The second-order valence-corrected chi connectivity index (χ2v) is 6.46. The fourth-order valence-corrected chi connectivity index (χ4v) is 3.94. The van der Waals surface area contributed by atoms with E-state index in [0.717, 1.165) is 37.1 Å². The van der Waals surface area contributed by atoms with Crippen LogP contribution >= 0.6 is 12.4 Å². The third-order valence-corrected chi connectivity index (χ3v) is 5.20. The van der Waals surface area contributed by atoms with Gasteiger partial charge in [0, 0.05) is 19.1 Å². The fraction of sp³-hybridized carbons (Fsp3) is 0.368. The highest BCUT2D eigenvalue weighted by atomic mass is 35.5. The number of hydrogen-bond donors (Lipinski definition) is 2. The molecule has 0 aliphatic carbocycles. The summed E-state index contributed by atoms with van der Waals surface area (Å²) in [5.74, 6) is 1.42. The summed E-state index contributed by atoms with van der Waals surface area (Å²) in [6.45, 7) is 1.75. The first kappa shape index (κ1) is 17.7. The fourth-order valence-electron chi connectivity index (χ4n) is 3.94. The first-order chi connectivity index (χ1) is 11.6. The van der Waals surface area contributed by atoms with E-state index >= 15 is 0 Å². The third kappa shape index (κ3) is 2.87. The Labute approximate surface area is 153 Å². The van der Waals surface area contributed by atoms with E-state index in [1.807, 2.05) is 24.3 Å². The van der Waals surface area contributed by atoms with Gasteiger partial charge in [0.1, 0.15) is 0 Å². The first-order valence-corrected chi connectivity index (χ1v) is 8.13. The van der Waals surface area contributed by atoms with Crippen molar-refractivity contribution in [1.29, 1.82) is 0 Å². The predicted molar refractivity (Wildman–Crippen MR) is 97.1 cm³/mol. The molecule has 0 saturated carbocycles. The quantitative estimate of drug-likeness (QED) is 0.858. The van der Waals surface area contributed by atoms with Crippen molar-refractivity contribution in [2.75, 3.05) is 20.8 Å². The number of hydrogen-bond acceptors (Lipinski definition) is 5. The molecule has 0 radical (unpaired) electrons. The monoisotopic (exact) mass is 363 g/mol. The van der Waals surface area contributed by atoms with Crippen LogP contribution in [0.3, 0.4) is 0 Å². The van der Waals surface area contributed by atoms with E-state index in [9.17, 15) is 10.2 Å². The van der Waals surface area contributed by atoms with Crippen LogP contribution in [-0.2, 0) is 19.4 Å². The molecule has 5 nitrogen and oxygen atoms in total. The van der Waals surface area contributed by atoms with Gasteiger partial charge >= 0.3 is 0 Å². The lowest BCUT2D eigenvalue weighted by Crippen LogP contribution is -2.39. The number of halogens is 1. The highest BCUT2D eigenvalue weighted by Gasteiger charge is 2.33. The summed E-state index contributed by atoms with van der Waals surface area (Å²) in [5.41, 5.74) is 4.73. The highest BCUT2D eigenvalue weighted by Crippen LogP contribution is 2.43. The normalized spacial score (nSPS) is 18.4. The molecule has 0 fully saturated rings. The molecule has 0 aromatic heterocycles. The molecule has 2 aliphatic heterocycles. The molecule has 6 heteroatoms. The smallest absolute Gasteiger partial charge is 0.160 e. The van der Waals surface area contributed by atoms with E-state index in [1.165, 1.54) is 11.1 Å². The molecule has 2 N–H and O–H groups in total. The molecular formula is C19H22ClNO4. The van der Waals surface area contributed by atoms with Gasteiger partial charge in [-0.05, 0) is 59.4 Å². The molecule has 25 heavy (non-hydrogen) atoms. The zero-order chi connectivity index (χ0) is 16.8. The van der Waals surface area contributed by atoms with Gasteiger partial charge in [-0.3, -0.25) is 4.90 Å². The van der Waals surface area contributed by atoms with E-state index in [2.05, 4.69) is 4.90 Å². The summed E-state index contributed by atoms with van der Waals surface area (Å²) in [4.78, 5) is 2.41. The van der Waals surface area contributed by atoms with Crippen LogP contribution < -0.4 is 9.47 Å². The number of phenolic OH excluding ortho intramolecular Hbond substituents is 2. The Morgan fingerprint density at radius 2 is 1.56 bits per heavy atom. The van der Waals surface area contributed by atoms with Gasteiger partial charge in [-0.15, -0.1) is 12.4 Å². The van der Waals surface area contributed by atoms with Crippen LogP contribution in [0.1, 0.15) is 28.3 Å². The van der Waals surface area contributed by atoms with Crippen molar-refractivity contribution in [3.8, 4) is 23.0 Å². The zero-order valence-corrected chi connectivity index (χ0v) is 15.1. The molecule has 2 aliphatic rings. The van der Waals surface area contributed by atoms with Crippen molar-refractivity contribution in [2.45, 2.75) is 25.4 Å². The van der Waals surface area contributed by atoms with E-state index in [1.54, 1.807) is 14.2 Å². The Morgan fingerprint density at radius 3 is 2.24 bits per heavy atom. The Balaban J connectivity index is 0.00000182. The van der Waals surface area contributed by atoms with Crippen LogP contribution in [0.25, 0.3) is 0 Å². The summed E-state index contributed by atoms with van der Waals surface area (Å²) in [5, 5.41) is 20.2. The van der Waals surface area contributed by atoms with Gasteiger partial charge in [0.15, 0.2) is 23.0 Å². The number of rotatable bonds is 2. The number of ether oxygens (including phenoxy) is 2. The van der Waals surface area contributed by atoms with Gasteiger partial charge in [0.25, 0.3) is 0 Å². The Morgan fingerprint density at radius 1 is 0.920 bits per heavy atom. The summed E-state index contributed by atoms with van der Waals surface area (Å²) in [7, 11) is 3.14. The molecule has 0 bridgehead atoms. The SMILES string of the molecule is COc1cc2c(cc1O)CN1CCc3cc(OC)c(O)cc3[C@@H]1C2.Cl. The lowest BCUT2D eigenvalue weighted by atomic mass is 9.83. The lowest BCUT2D eigenvalue weighted by Gasteiger charge is -2.41. The number of methoxy groups -OCH3 is 2. The van der Waals surface area contributed by atoms with Crippen molar-refractivity contribution in [1.82, 2.24) is 4.90 Å². The van der Waals surface area contributed by atoms with Crippen molar-refractivity contribution in [2.24, 2.45) is 0 Å². The van der Waals surface area contributed by atoms with Crippen LogP contribution in [0.5, 0.6) is 23.0 Å². The Bertz CT molecular complexity index is 808. The molecular weight excluding hydrogens is 342 g/mol. The summed E-state index contributed by atoms with van der Waals surface area (Å²) in [6.07, 6.45) is 1.77. The van der Waals surface area contributed by atoms with Crippen molar-refractivity contribution >= 4 is 12.4 Å². The Kier molecular flexibility index (Phi) is 4.71. The van der Waals surface area contributed by atoms with Crippen LogP contribution in [0.4, 0.5) is 0 Å².